The van der Waals surface area contributed by atoms with Crippen LogP contribution in [0.4, 0.5) is 0 Å². The maximum atomic E-state index is 12.3. The number of hydrogen-bond acceptors (Lipinski definition) is 5. The summed E-state index contributed by atoms with van der Waals surface area (Å²) in [6.45, 7) is 2.21. The number of hydrogen-bond donors (Lipinski definition) is 2. The highest BCUT2D eigenvalue weighted by Crippen LogP contribution is 2.30. The van der Waals surface area contributed by atoms with Crippen molar-refractivity contribution in [2.75, 3.05) is 20.1 Å². The van der Waals surface area contributed by atoms with Crippen molar-refractivity contribution in [3.63, 3.8) is 0 Å². The number of nitrogens with one attached hydrogen (secondary N) is 1. The Morgan fingerprint density at radius 3 is 2.81 bits per heavy atom. The molecule has 21 heavy (non-hydrogen) atoms. The lowest BCUT2D eigenvalue weighted by molar-refractivity contribution is -0.138. The van der Waals surface area contributed by atoms with Gasteiger partial charge < -0.3 is 15.3 Å². The molecule has 0 spiro atoms. The van der Waals surface area contributed by atoms with E-state index in [0.717, 1.165) is 4.68 Å². The number of aromatic nitrogens is 3. The topological polar surface area (TPSA) is 117 Å². The van der Waals surface area contributed by atoms with E-state index in [-0.39, 0.29) is 24.1 Å². The van der Waals surface area contributed by atoms with E-state index in [2.05, 4.69) is 15.6 Å². The van der Waals surface area contributed by atoms with E-state index >= 15 is 0 Å². The van der Waals surface area contributed by atoms with E-state index in [1.54, 1.807) is 14.0 Å². The third-order valence-corrected chi connectivity index (χ3v) is 3.59. The summed E-state index contributed by atoms with van der Waals surface area (Å²) < 4.78 is 1.09. The van der Waals surface area contributed by atoms with Gasteiger partial charge in [0, 0.05) is 20.1 Å². The van der Waals surface area contributed by atoms with Crippen LogP contribution in [-0.4, -0.2) is 62.9 Å². The number of amides is 2. The predicted octanol–water partition coefficient (Wildman–Crippen LogP) is -1.04. The number of nitrogens with zero attached hydrogens (tertiary/aromatic N) is 4. The average molecular weight is 295 g/mol. The van der Waals surface area contributed by atoms with Crippen LogP contribution >= 0.6 is 0 Å². The maximum absolute atomic E-state index is 12.3. The first kappa shape index (κ1) is 14.9. The number of carboxylic acids is 1. The summed E-state index contributed by atoms with van der Waals surface area (Å²) in [6.07, 6.45) is 1.87. The molecule has 1 atom stereocenters. The molecule has 1 aromatic heterocycles. The summed E-state index contributed by atoms with van der Waals surface area (Å²) >= 11 is 0. The summed E-state index contributed by atoms with van der Waals surface area (Å²) in [5, 5.41) is 18.5. The molecule has 2 amide bonds. The fourth-order valence-corrected chi connectivity index (χ4v) is 2.40. The largest absolute Gasteiger partial charge is 0.480 e. The second-order valence-corrected chi connectivity index (χ2v) is 5.31. The molecular formula is C12H17N5O4. The van der Waals surface area contributed by atoms with Crippen LogP contribution in [0.15, 0.2) is 6.20 Å². The zero-order valence-corrected chi connectivity index (χ0v) is 11.9. The molecule has 0 aromatic carbocycles. The highest BCUT2D eigenvalue weighted by molar-refractivity contribution is 5.93. The van der Waals surface area contributed by atoms with Crippen LogP contribution < -0.4 is 5.32 Å². The summed E-state index contributed by atoms with van der Waals surface area (Å²) in [7, 11) is 1.57. The molecule has 9 nitrogen and oxygen atoms in total. The van der Waals surface area contributed by atoms with E-state index in [0.29, 0.717) is 19.5 Å². The lowest BCUT2D eigenvalue weighted by Crippen LogP contribution is -2.40. The van der Waals surface area contributed by atoms with Gasteiger partial charge in [-0.1, -0.05) is 5.21 Å². The first-order valence-corrected chi connectivity index (χ1v) is 6.49. The van der Waals surface area contributed by atoms with E-state index in [9.17, 15) is 14.4 Å². The number of carbonyl (C=O) groups excluding carboxylic acids is 2. The molecule has 0 radical (unpaired) electrons. The van der Waals surface area contributed by atoms with Gasteiger partial charge in [-0.05, 0) is 13.3 Å². The van der Waals surface area contributed by atoms with Gasteiger partial charge in [0.2, 0.25) is 5.91 Å². The second-order valence-electron chi connectivity index (χ2n) is 5.31. The Balaban J connectivity index is 2.06. The molecule has 1 aliphatic heterocycles. The maximum Gasteiger partial charge on any atom is 0.325 e. The zero-order chi connectivity index (χ0) is 15.6. The SMILES string of the molecule is CNC(=O)C1(C)CCN(C(=O)c2cn(CC(=O)O)nn2)C1. The van der Waals surface area contributed by atoms with Gasteiger partial charge in [-0.25, -0.2) is 4.68 Å². The van der Waals surface area contributed by atoms with Crippen LogP contribution in [0.2, 0.25) is 0 Å². The molecule has 1 saturated heterocycles. The van der Waals surface area contributed by atoms with Crippen molar-refractivity contribution in [2.24, 2.45) is 5.41 Å². The molecule has 0 saturated carbocycles. The Labute approximate surface area is 120 Å². The molecule has 1 unspecified atom stereocenters. The summed E-state index contributed by atoms with van der Waals surface area (Å²) in [5.74, 6) is -1.51. The molecule has 1 fully saturated rings. The molecule has 2 rings (SSSR count). The molecule has 0 aliphatic carbocycles. The van der Waals surface area contributed by atoms with E-state index in [1.807, 2.05) is 0 Å². The predicted molar refractivity (Wildman–Crippen MR) is 70.4 cm³/mol. The van der Waals surface area contributed by atoms with Crippen LogP contribution in [-0.2, 0) is 16.1 Å². The standard InChI is InChI=1S/C12H17N5O4/c1-12(11(21)13-2)3-4-16(7-12)10(20)8-5-17(15-14-8)6-9(18)19/h5H,3-4,6-7H2,1-2H3,(H,13,21)(H,18,19). The Morgan fingerprint density at radius 2 is 2.19 bits per heavy atom. The molecular weight excluding hydrogens is 278 g/mol. The molecule has 2 N–H and O–H groups in total. The van der Waals surface area contributed by atoms with Gasteiger partial charge in [0.1, 0.15) is 6.54 Å². The minimum atomic E-state index is -1.06. The lowest BCUT2D eigenvalue weighted by Gasteiger charge is -2.22. The summed E-state index contributed by atoms with van der Waals surface area (Å²) in [5.41, 5.74) is -0.529. The van der Waals surface area contributed by atoms with Crippen LogP contribution in [0.3, 0.4) is 0 Å². The van der Waals surface area contributed by atoms with Crippen LogP contribution in [0.25, 0.3) is 0 Å². The van der Waals surface area contributed by atoms with Crippen molar-refractivity contribution in [2.45, 2.75) is 19.9 Å². The fourth-order valence-electron chi connectivity index (χ4n) is 2.40. The van der Waals surface area contributed by atoms with Crippen molar-refractivity contribution >= 4 is 17.8 Å². The highest BCUT2D eigenvalue weighted by atomic mass is 16.4. The zero-order valence-electron chi connectivity index (χ0n) is 11.9. The third kappa shape index (κ3) is 3.01. The average Bonchev–Trinajstić information content (AvgIpc) is 3.04. The summed E-state index contributed by atoms with van der Waals surface area (Å²) in [6, 6.07) is 0. The van der Waals surface area contributed by atoms with E-state index in [4.69, 9.17) is 5.11 Å². The normalized spacial score (nSPS) is 21.3. The van der Waals surface area contributed by atoms with E-state index in [1.165, 1.54) is 11.1 Å². The monoisotopic (exact) mass is 295 g/mol. The first-order valence-electron chi connectivity index (χ1n) is 6.49. The Hall–Kier alpha value is -2.45. The van der Waals surface area contributed by atoms with Crippen LogP contribution in [0.5, 0.6) is 0 Å². The molecule has 2 heterocycles. The van der Waals surface area contributed by atoms with Crippen LogP contribution in [0.1, 0.15) is 23.8 Å². The lowest BCUT2D eigenvalue weighted by atomic mass is 9.89. The van der Waals surface area contributed by atoms with Crippen molar-refractivity contribution in [1.82, 2.24) is 25.2 Å². The second kappa shape index (κ2) is 5.51. The number of carboxylic acid groups (broad SMARTS) is 1. The van der Waals surface area contributed by atoms with Gasteiger partial charge >= 0.3 is 5.97 Å². The number of aliphatic carboxylic acids is 1. The van der Waals surface area contributed by atoms with Gasteiger partial charge in [0.25, 0.3) is 5.91 Å². The first-order chi connectivity index (χ1) is 9.85. The van der Waals surface area contributed by atoms with Crippen molar-refractivity contribution < 1.29 is 19.5 Å². The fraction of sp³-hybridized carbons (Fsp3) is 0.583. The van der Waals surface area contributed by atoms with Gasteiger partial charge in [-0.2, -0.15) is 0 Å². The summed E-state index contributed by atoms with van der Waals surface area (Å²) in [4.78, 5) is 36.2. The van der Waals surface area contributed by atoms with Gasteiger partial charge in [0.15, 0.2) is 5.69 Å². The van der Waals surface area contributed by atoms with Crippen molar-refractivity contribution in [3.05, 3.63) is 11.9 Å². The van der Waals surface area contributed by atoms with Gasteiger partial charge in [-0.15, -0.1) is 5.10 Å². The van der Waals surface area contributed by atoms with E-state index < -0.39 is 11.4 Å². The molecule has 1 aromatic rings. The number of rotatable bonds is 4. The van der Waals surface area contributed by atoms with Gasteiger partial charge in [0.05, 0.1) is 11.6 Å². The molecule has 1 aliphatic rings. The quantitative estimate of drug-likeness (QED) is 0.732. The third-order valence-electron chi connectivity index (χ3n) is 3.59. The minimum absolute atomic E-state index is 0.0809. The Kier molecular flexibility index (Phi) is 3.92. The van der Waals surface area contributed by atoms with Gasteiger partial charge in [-0.3, -0.25) is 14.4 Å². The smallest absolute Gasteiger partial charge is 0.325 e. The van der Waals surface area contributed by atoms with Crippen molar-refractivity contribution in [3.8, 4) is 0 Å². The molecule has 0 bridgehead atoms. The van der Waals surface area contributed by atoms with Crippen LogP contribution in [0, 0.1) is 5.41 Å². The molecule has 114 valence electrons. The number of carbonyl (C=O) groups is 3. The molecule has 9 heteroatoms. The van der Waals surface area contributed by atoms with Crippen molar-refractivity contribution in [1.29, 1.82) is 0 Å². The number of likely N-dealkylation sites (tertiary alicyclic amines) is 1. The minimum Gasteiger partial charge on any atom is -0.480 e. The highest BCUT2D eigenvalue weighted by Gasteiger charge is 2.42. The Bertz CT molecular complexity index is 584. The Morgan fingerprint density at radius 1 is 1.48 bits per heavy atom.